The summed E-state index contributed by atoms with van der Waals surface area (Å²) in [5.41, 5.74) is 1.34. The molecule has 10 heteroatoms. The second-order valence-corrected chi connectivity index (χ2v) is 12.7. The summed E-state index contributed by atoms with van der Waals surface area (Å²) >= 11 is 0. The summed E-state index contributed by atoms with van der Waals surface area (Å²) in [7, 11) is -0.795. The Morgan fingerprint density at radius 1 is 0.854 bits per heavy atom. The number of amides is 2. The first-order chi connectivity index (χ1) is 19.3. The zero-order valence-corrected chi connectivity index (χ0v) is 25.3. The molecule has 0 saturated carbocycles. The first-order valence-corrected chi connectivity index (χ1v) is 15.1. The van der Waals surface area contributed by atoms with Gasteiger partial charge in [0.1, 0.15) is 24.1 Å². The van der Waals surface area contributed by atoms with Gasteiger partial charge in [0.05, 0.1) is 26.2 Å². The number of nitrogens with one attached hydrogen (secondary N) is 1. The average Bonchev–Trinajstić information content (AvgIpc) is 2.92. The van der Waals surface area contributed by atoms with Crippen LogP contribution in [0.3, 0.4) is 0 Å². The molecule has 41 heavy (non-hydrogen) atoms. The third-order valence-electron chi connectivity index (χ3n) is 6.30. The Labute approximate surface area is 243 Å². The number of ether oxygens (including phenoxy) is 2. The molecule has 0 radical (unpaired) electrons. The first kappa shape index (κ1) is 31.5. The highest BCUT2D eigenvalue weighted by Crippen LogP contribution is 2.24. The van der Waals surface area contributed by atoms with Gasteiger partial charge in [-0.05, 0) is 68.3 Å². The molecule has 2 amide bonds. The highest BCUT2D eigenvalue weighted by atomic mass is 32.2. The van der Waals surface area contributed by atoms with E-state index in [-0.39, 0.29) is 18.9 Å². The lowest BCUT2D eigenvalue weighted by Crippen LogP contribution is -2.56. The summed E-state index contributed by atoms with van der Waals surface area (Å²) in [6.07, 6.45) is 1.28. The Morgan fingerprint density at radius 2 is 1.46 bits per heavy atom. The largest absolute Gasteiger partial charge is 0.497 e. The number of rotatable bonds is 12. The molecule has 0 heterocycles. The number of carbonyl (C=O) groups is 2. The van der Waals surface area contributed by atoms with Gasteiger partial charge in [0.2, 0.25) is 21.8 Å². The molecule has 0 aliphatic carbocycles. The van der Waals surface area contributed by atoms with Crippen LogP contribution < -0.4 is 19.1 Å². The summed E-state index contributed by atoms with van der Waals surface area (Å²) in [6, 6.07) is 22.1. The number of anilines is 1. The summed E-state index contributed by atoms with van der Waals surface area (Å²) < 4.78 is 37.4. The number of nitrogens with zero attached hydrogens (tertiary/aromatic N) is 2. The van der Waals surface area contributed by atoms with Crippen molar-refractivity contribution in [1.29, 1.82) is 0 Å². The predicted molar refractivity (Wildman–Crippen MR) is 161 cm³/mol. The van der Waals surface area contributed by atoms with Crippen molar-refractivity contribution in [1.82, 2.24) is 10.2 Å². The van der Waals surface area contributed by atoms with E-state index in [0.29, 0.717) is 17.2 Å². The highest BCUT2D eigenvalue weighted by molar-refractivity contribution is 7.92. The standard InChI is InChI=1S/C31H39N3O6S/c1-31(2,3)32-30(36)28(20-23-11-8-7-9-12-23)33(21-24-13-10-14-27(19-24)40-5)29(35)22-34(41(6,37)38)25-15-17-26(39-4)18-16-25/h7-19,28H,20-22H2,1-6H3,(H,32,36). The molecule has 3 aromatic carbocycles. The fourth-order valence-electron chi connectivity index (χ4n) is 4.34. The number of carbonyl (C=O) groups excluding carboxylic acids is 2. The van der Waals surface area contributed by atoms with Crippen LogP contribution in [0.5, 0.6) is 11.5 Å². The fourth-order valence-corrected chi connectivity index (χ4v) is 5.19. The normalized spacial score (nSPS) is 12.2. The Hall–Kier alpha value is -4.05. The Balaban J connectivity index is 2.08. The Bertz CT molecular complexity index is 1420. The Morgan fingerprint density at radius 3 is 2.02 bits per heavy atom. The van der Waals surface area contributed by atoms with Crippen LogP contribution in [0.15, 0.2) is 78.9 Å². The second kappa shape index (κ2) is 13.5. The van der Waals surface area contributed by atoms with Crippen molar-refractivity contribution in [3.8, 4) is 11.5 Å². The molecule has 0 aliphatic heterocycles. The van der Waals surface area contributed by atoms with E-state index in [0.717, 1.165) is 21.7 Å². The zero-order chi connectivity index (χ0) is 30.2. The van der Waals surface area contributed by atoms with Crippen LogP contribution in [0.25, 0.3) is 0 Å². The van der Waals surface area contributed by atoms with Gasteiger partial charge >= 0.3 is 0 Å². The van der Waals surface area contributed by atoms with Crippen molar-refractivity contribution in [3.63, 3.8) is 0 Å². The van der Waals surface area contributed by atoms with Crippen molar-refractivity contribution in [2.75, 3.05) is 31.3 Å². The lowest BCUT2D eigenvalue weighted by atomic mass is 10.0. The van der Waals surface area contributed by atoms with E-state index in [2.05, 4.69) is 5.32 Å². The molecule has 0 spiro atoms. The van der Waals surface area contributed by atoms with Gasteiger partial charge in [-0.15, -0.1) is 0 Å². The molecule has 3 rings (SSSR count). The van der Waals surface area contributed by atoms with Crippen LogP contribution in [0.4, 0.5) is 5.69 Å². The molecule has 1 unspecified atom stereocenters. The second-order valence-electron chi connectivity index (χ2n) is 10.8. The van der Waals surface area contributed by atoms with E-state index in [9.17, 15) is 18.0 Å². The van der Waals surface area contributed by atoms with Gasteiger partial charge in [-0.2, -0.15) is 0 Å². The minimum atomic E-state index is -3.86. The number of methoxy groups -OCH3 is 2. The number of benzene rings is 3. The molecule has 0 bridgehead atoms. The third-order valence-corrected chi connectivity index (χ3v) is 7.44. The van der Waals surface area contributed by atoms with E-state index < -0.39 is 34.1 Å². The maximum absolute atomic E-state index is 14.1. The van der Waals surface area contributed by atoms with E-state index in [4.69, 9.17) is 9.47 Å². The molecule has 1 N–H and O–H groups in total. The molecule has 0 aliphatic rings. The zero-order valence-electron chi connectivity index (χ0n) is 24.5. The van der Waals surface area contributed by atoms with Crippen LogP contribution in [0.2, 0.25) is 0 Å². The van der Waals surface area contributed by atoms with Gasteiger partial charge in [0.25, 0.3) is 0 Å². The molecular weight excluding hydrogens is 542 g/mol. The first-order valence-electron chi connectivity index (χ1n) is 13.2. The summed E-state index contributed by atoms with van der Waals surface area (Å²) in [5, 5.41) is 3.01. The van der Waals surface area contributed by atoms with Crippen molar-refractivity contribution >= 4 is 27.5 Å². The molecular formula is C31H39N3O6S. The van der Waals surface area contributed by atoms with Crippen molar-refractivity contribution in [2.24, 2.45) is 0 Å². The fraction of sp³-hybridized carbons (Fsp3) is 0.355. The number of hydrogen-bond donors (Lipinski definition) is 1. The molecule has 0 saturated heterocycles. The smallest absolute Gasteiger partial charge is 0.244 e. The Kier molecular flexibility index (Phi) is 10.4. The van der Waals surface area contributed by atoms with Crippen LogP contribution in [0, 0.1) is 0 Å². The predicted octanol–water partition coefficient (Wildman–Crippen LogP) is 4.02. The van der Waals surface area contributed by atoms with Crippen molar-refractivity contribution < 1.29 is 27.5 Å². The minimum absolute atomic E-state index is 0.0608. The van der Waals surface area contributed by atoms with E-state index in [1.807, 2.05) is 57.2 Å². The lowest BCUT2D eigenvalue weighted by molar-refractivity contribution is -0.140. The average molecular weight is 582 g/mol. The molecule has 9 nitrogen and oxygen atoms in total. The topological polar surface area (TPSA) is 105 Å². The minimum Gasteiger partial charge on any atom is -0.497 e. The van der Waals surface area contributed by atoms with Gasteiger partial charge in [-0.1, -0.05) is 42.5 Å². The summed E-state index contributed by atoms with van der Waals surface area (Å²) in [5.74, 6) is 0.284. The molecule has 0 fully saturated rings. The maximum atomic E-state index is 14.1. The summed E-state index contributed by atoms with van der Waals surface area (Å²) in [4.78, 5) is 29.4. The van der Waals surface area contributed by atoms with Crippen LogP contribution >= 0.6 is 0 Å². The number of hydrogen-bond acceptors (Lipinski definition) is 6. The van der Waals surface area contributed by atoms with Gasteiger partial charge in [-0.3, -0.25) is 13.9 Å². The van der Waals surface area contributed by atoms with Crippen LogP contribution in [-0.2, 0) is 32.6 Å². The quantitative estimate of drug-likeness (QED) is 0.346. The van der Waals surface area contributed by atoms with Gasteiger partial charge in [0, 0.05) is 18.5 Å². The summed E-state index contributed by atoms with van der Waals surface area (Å²) in [6.45, 7) is 5.17. The van der Waals surface area contributed by atoms with Gasteiger partial charge in [-0.25, -0.2) is 8.42 Å². The SMILES string of the molecule is COc1ccc(N(CC(=O)N(Cc2cccc(OC)c2)C(Cc2ccccc2)C(=O)NC(C)(C)C)S(C)(=O)=O)cc1. The van der Waals surface area contributed by atoms with E-state index in [1.165, 1.54) is 12.0 Å². The monoisotopic (exact) mass is 581 g/mol. The lowest BCUT2D eigenvalue weighted by Gasteiger charge is -2.35. The van der Waals surface area contributed by atoms with Crippen molar-refractivity contribution in [2.45, 2.75) is 45.3 Å². The molecule has 3 aromatic rings. The van der Waals surface area contributed by atoms with E-state index >= 15 is 0 Å². The maximum Gasteiger partial charge on any atom is 0.244 e. The van der Waals surface area contributed by atoms with Crippen LogP contribution in [-0.4, -0.2) is 63.7 Å². The highest BCUT2D eigenvalue weighted by Gasteiger charge is 2.34. The van der Waals surface area contributed by atoms with Gasteiger partial charge in [0.15, 0.2) is 0 Å². The number of sulfonamides is 1. The third kappa shape index (κ3) is 9.24. The molecule has 0 aromatic heterocycles. The molecule has 220 valence electrons. The van der Waals surface area contributed by atoms with Crippen molar-refractivity contribution in [3.05, 3.63) is 90.0 Å². The van der Waals surface area contributed by atoms with Gasteiger partial charge < -0.3 is 19.7 Å². The van der Waals surface area contributed by atoms with E-state index in [1.54, 1.807) is 49.6 Å². The van der Waals surface area contributed by atoms with Crippen LogP contribution in [0.1, 0.15) is 31.9 Å². The molecule has 1 atom stereocenters.